The van der Waals surface area contributed by atoms with Gasteiger partial charge in [0.25, 0.3) is 5.56 Å². The van der Waals surface area contributed by atoms with Crippen molar-refractivity contribution < 1.29 is 18.3 Å². The van der Waals surface area contributed by atoms with Gasteiger partial charge < -0.3 is 19.4 Å². The zero-order valence-corrected chi connectivity index (χ0v) is 30.3. The lowest BCUT2D eigenvalue weighted by atomic mass is 9.86. The molecule has 4 rings (SSSR count). The normalized spacial score (nSPS) is 15.6. The number of aryl methyl sites for hydroxylation is 2. The molecule has 1 aliphatic rings. The Bertz CT molecular complexity index is 1670. The maximum atomic E-state index is 13.5. The molecule has 0 saturated carbocycles. The number of piperazine rings is 1. The van der Waals surface area contributed by atoms with Gasteiger partial charge in [-0.1, -0.05) is 58.4 Å². The maximum Gasteiger partial charge on any atom is 0.275 e. The van der Waals surface area contributed by atoms with Crippen LogP contribution in [0.1, 0.15) is 66.9 Å². The first kappa shape index (κ1) is 38.2. The van der Waals surface area contributed by atoms with Crippen LogP contribution in [0.2, 0.25) is 0 Å². The van der Waals surface area contributed by atoms with Gasteiger partial charge in [-0.3, -0.25) is 9.69 Å². The quantitative estimate of drug-likeness (QED) is 0.206. The Hall–Kier alpha value is -3.25. The van der Waals surface area contributed by atoms with Crippen LogP contribution in [0.3, 0.4) is 0 Å². The van der Waals surface area contributed by atoms with Crippen molar-refractivity contribution in [2.75, 3.05) is 45.9 Å². The average Bonchev–Trinajstić information content (AvgIpc) is 3.41. The summed E-state index contributed by atoms with van der Waals surface area (Å²) in [6.07, 6.45) is 4.46. The fourth-order valence-electron chi connectivity index (χ4n) is 5.63. The van der Waals surface area contributed by atoms with Crippen LogP contribution in [0, 0.1) is 11.8 Å². The lowest BCUT2D eigenvalue weighted by Gasteiger charge is -2.33. The Balaban J connectivity index is 0.000000520. The monoisotopic (exact) mass is 669 g/mol. The van der Waals surface area contributed by atoms with Gasteiger partial charge in [-0.2, -0.15) is 4.31 Å². The number of sulfonamides is 1. The molecule has 0 spiro atoms. The second kappa shape index (κ2) is 17.2. The van der Waals surface area contributed by atoms with Crippen molar-refractivity contribution in [2.45, 2.75) is 79.2 Å². The number of aromatic nitrogens is 3. The first-order valence-electron chi connectivity index (χ1n) is 16.8. The Morgan fingerprint density at radius 3 is 2.21 bits per heavy atom. The van der Waals surface area contributed by atoms with Crippen molar-refractivity contribution in [3.05, 3.63) is 64.6 Å². The van der Waals surface area contributed by atoms with Crippen LogP contribution in [-0.4, -0.2) is 83.2 Å². The van der Waals surface area contributed by atoms with E-state index < -0.39 is 10.0 Å². The summed E-state index contributed by atoms with van der Waals surface area (Å²) in [5.74, 6) is 1.90. The van der Waals surface area contributed by atoms with E-state index in [0.29, 0.717) is 85.9 Å². The van der Waals surface area contributed by atoms with Gasteiger partial charge in [-0.25, -0.2) is 13.4 Å². The number of aromatic amines is 1. The maximum absolute atomic E-state index is 13.5. The third-order valence-electron chi connectivity index (χ3n) is 9.02. The zero-order chi connectivity index (χ0) is 34.9. The minimum Gasteiger partial charge on any atom is -0.493 e. The van der Waals surface area contributed by atoms with Crippen LogP contribution in [0.25, 0.3) is 22.4 Å². The molecule has 260 valence electrons. The van der Waals surface area contributed by atoms with Gasteiger partial charge in [0.15, 0.2) is 0 Å². The molecule has 0 radical (unpaired) electrons. The summed E-state index contributed by atoms with van der Waals surface area (Å²) in [6.45, 7) is 25.9. The number of nitrogens with zero attached hydrogens (tertiary/aromatic N) is 4. The van der Waals surface area contributed by atoms with Crippen molar-refractivity contribution >= 4 is 21.1 Å². The van der Waals surface area contributed by atoms with E-state index in [2.05, 4.69) is 52.8 Å². The molecule has 1 saturated heterocycles. The van der Waals surface area contributed by atoms with E-state index in [4.69, 9.17) is 9.72 Å². The average molecular weight is 670 g/mol. The van der Waals surface area contributed by atoms with Crippen molar-refractivity contribution in [1.29, 1.82) is 0 Å². The van der Waals surface area contributed by atoms with E-state index >= 15 is 0 Å². The molecule has 11 heteroatoms. The Labute approximate surface area is 281 Å². The van der Waals surface area contributed by atoms with Crippen LogP contribution in [0.15, 0.2) is 58.4 Å². The molecule has 3 aromatic rings. The number of fused-ring (bicyclic) bond motifs is 1. The fraction of sp³-hybridized carbons (Fsp3) is 0.556. The van der Waals surface area contributed by atoms with Crippen LogP contribution < -0.4 is 10.3 Å². The summed E-state index contributed by atoms with van der Waals surface area (Å²) in [7, 11) is -3.77. The van der Waals surface area contributed by atoms with Crippen LogP contribution >= 0.6 is 0 Å². The SMILES string of the molecule is C=C(C)C(C)C(C)C(=C)C.CCCOc1ccc(S(=O)(=O)N2CCN(CCO)CC2)cc1-c1nc2c(CCC)cn(CC)c2c(=O)[nH]1. The lowest BCUT2D eigenvalue weighted by molar-refractivity contribution is 0.151. The topological polar surface area (TPSA) is 121 Å². The molecule has 0 amide bonds. The third kappa shape index (κ3) is 9.22. The van der Waals surface area contributed by atoms with Gasteiger partial charge in [0.1, 0.15) is 17.1 Å². The molecule has 2 unspecified atom stereocenters. The second-order valence-electron chi connectivity index (χ2n) is 12.5. The highest BCUT2D eigenvalue weighted by Crippen LogP contribution is 2.33. The van der Waals surface area contributed by atoms with Gasteiger partial charge >= 0.3 is 0 Å². The van der Waals surface area contributed by atoms with Crippen LogP contribution in [-0.2, 0) is 23.0 Å². The number of hydrogen-bond donors (Lipinski definition) is 2. The molecule has 2 aromatic heterocycles. The predicted octanol–water partition coefficient (Wildman–Crippen LogP) is 5.86. The summed E-state index contributed by atoms with van der Waals surface area (Å²) in [5, 5.41) is 9.18. The molecule has 1 aromatic carbocycles. The highest BCUT2D eigenvalue weighted by atomic mass is 32.2. The Morgan fingerprint density at radius 1 is 1.04 bits per heavy atom. The molecule has 2 atom stereocenters. The van der Waals surface area contributed by atoms with E-state index in [1.807, 2.05) is 29.5 Å². The molecular weight excluding hydrogens is 614 g/mol. The highest BCUT2D eigenvalue weighted by Gasteiger charge is 2.29. The number of β-amino-alcohol motifs (C(OH)–C–C–N with tert-alkyl or cyclic N) is 1. The number of hydrogen-bond acceptors (Lipinski definition) is 7. The summed E-state index contributed by atoms with van der Waals surface area (Å²) >= 11 is 0. The van der Waals surface area contributed by atoms with E-state index in [1.165, 1.54) is 15.5 Å². The van der Waals surface area contributed by atoms with Crippen LogP contribution in [0.4, 0.5) is 0 Å². The third-order valence-corrected chi connectivity index (χ3v) is 10.9. The number of benzene rings is 1. The molecule has 0 aliphatic carbocycles. The van der Waals surface area contributed by atoms with Gasteiger partial charge in [0.2, 0.25) is 10.0 Å². The number of allylic oxidation sites excluding steroid dienone is 2. The molecule has 1 aliphatic heterocycles. The smallest absolute Gasteiger partial charge is 0.275 e. The van der Waals surface area contributed by atoms with Crippen molar-refractivity contribution in [3.8, 4) is 17.1 Å². The number of H-pyrrole nitrogens is 1. The van der Waals surface area contributed by atoms with Gasteiger partial charge in [0.05, 0.1) is 29.2 Å². The number of ether oxygens (including phenoxy) is 1. The molecular formula is C36H55N5O5S. The van der Waals surface area contributed by atoms with Gasteiger partial charge in [-0.15, -0.1) is 0 Å². The minimum absolute atomic E-state index is 0.0481. The number of aliphatic hydroxyl groups excluding tert-OH is 1. The number of rotatable bonds is 14. The Morgan fingerprint density at radius 2 is 1.68 bits per heavy atom. The van der Waals surface area contributed by atoms with Crippen molar-refractivity contribution in [1.82, 2.24) is 23.7 Å². The van der Waals surface area contributed by atoms with Crippen molar-refractivity contribution in [3.63, 3.8) is 0 Å². The van der Waals surface area contributed by atoms with Gasteiger partial charge in [0, 0.05) is 45.5 Å². The van der Waals surface area contributed by atoms with E-state index in [-0.39, 0.29) is 17.1 Å². The molecule has 3 heterocycles. The molecule has 10 nitrogen and oxygen atoms in total. The molecule has 1 fully saturated rings. The molecule has 0 bridgehead atoms. The number of nitrogens with one attached hydrogen (secondary N) is 1. The Kier molecular flexibility index (Phi) is 14.0. The largest absolute Gasteiger partial charge is 0.493 e. The summed E-state index contributed by atoms with van der Waals surface area (Å²) < 4.78 is 36.4. The molecule has 47 heavy (non-hydrogen) atoms. The second-order valence-corrected chi connectivity index (χ2v) is 14.5. The number of aliphatic hydroxyl groups is 1. The van der Waals surface area contributed by atoms with Crippen molar-refractivity contribution in [2.24, 2.45) is 11.8 Å². The van der Waals surface area contributed by atoms with E-state index in [9.17, 15) is 18.3 Å². The summed E-state index contributed by atoms with van der Waals surface area (Å²) in [4.78, 5) is 23.1. The minimum atomic E-state index is -3.77. The van der Waals surface area contributed by atoms with Crippen LogP contribution in [0.5, 0.6) is 5.75 Å². The lowest BCUT2D eigenvalue weighted by Crippen LogP contribution is -2.49. The summed E-state index contributed by atoms with van der Waals surface area (Å²) in [6, 6.07) is 4.76. The standard InChI is InChI=1S/C26H37N5O5S.C10H18/c1-4-7-19-18-30(6-3)24-23(19)27-25(28-26(24)33)21-17-20(8-9-22(21)36-16-5-2)37(34,35)31-12-10-29(11-13-31)14-15-32;1-7(2)9(5)10(6)8(3)4/h8-9,17-18,32H,4-7,10-16H2,1-3H3,(H,27,28,33);9-10H,1,3H2,2,4-6H3. The highest BCUT2D eigenvalue weighted by molar-refractivity contribution is 7.89. The zero-order valence-electron chi connectivity index (χ0n) is 29.4. The van der Waals surface area contributed by atoms with E-state index in [1.54, 1.807) is 18.2 Å². The van der Waals surface area contributed by atoms with Gasteiger partial charge in [-0.05, 0) is 69.2 Å². The first-order chi connectivity index (χ1) is 22.3. The fourth-order valence-corrected chi connectivity index (χ4v) is 7.08. The molecule has 2 N–H and O–H groups in total. The van der Waals surface area contributed by atoms with E-state index in [0.717, 1.165) is 24.8 Å². The first-order valence-corrected chi connectivity index (χ1v) is 18.3. The predicted molar refractivity (Wildman–Crippen MR) is 191 cm³/mol. The summed E-state index contributed by atoms with van der Waals surface area (Å²) in [5.41, 5.74) is 4.82.